The van der Waals surface area contributed by atoms with Gasteiger partial charge < -0.3 is 10.6 Å². The average molecular weight is 471 g/mol. The SMILES string of the molecule is CCN(CC)S(=O)(=O)c1ccc(C=CC(=O)NCCNc2ncc(Cl)cc2Cl)cc1. The van der Waals surface area contributed by atoms with Crippen LogP contribution >= 0.6 is 23.2 Å². The van der Waals surface area contributed by atoms with Crippen molar-refractivity contribution in [2.75, 3.05) is 31.5 Å². The summed E-state index contributed by atoms with van der Waals surface area (Å²) in [6.07, 6.45) is 4.49. The van der Waals surface area contributed by atoms with Gasteiger partial charge in [0.1, 0.15) is 5.82 Å². The summed E-state index contributed by atoms with van der Waals surface area (Å²) in [6, 6.07) is 7.99. The van der Waals surface area contributed by atoms with E-state index in [2.05, 4.69) is 15.6 Å². The summed E-state index contributed by atoms with van der Waals surface area (Å²) in [7, 11) is -3.49. The molecule has 2 aromatic rings. The normalized spacial score (nSPS) is 11.8. The van der Waals surface area contributed by atoms with E-state index in [9.17, 15) is 13.2 Å². The van der Waals surface area contributed by atoms with Crippen molar-refractivity contribution in [1.29, 1.82) is 0 Å². The first-order valence-corrected chi connectivity index (χ1v) is 11.6. The van der Waals surface area contributed by atoms with Crippen molar-refractivity contribution in [3.05, 3.63) is 58.2 Å². The largest absolute Gasteiger partial charge is 0.367 e. The standard InChI is InChI=1S/C20H24Cl2N4O3S/c1-3-26(4-2)30(28,29)17-8-5-15(6-9-17)7-10-19(27)23-11-12-24-20-18(22)13-16(21)14-25-20/h5-10,13-14H,3-4,11-12H2,1-2H3,(H,23,27)(H,24,25). The molecule has 0 unspecified atom stereocenters. The number of anilines is 1. The predicted octanol–water partition coefficient (Wildman–Crippen LogP) is 3.66. The molecule has 162 valence electrons. The van der Waals surface area contributed by atoms with Gasteiger partial charge in [-0.2, -0.15) is 4.31 Å². The quantitative estimate of drug-likeness (QED) is 0.408. The lowest BCUT2D eigenvalue weighted by atomic mass is 10.2. The Morgan fingerprint density at radius 2 is 1.80 bits per heavy atom. The minimum absolute atomic E-state index is 0.230. The number of sulfonamides is 1. The maximum atomic E-state index is 12.5. The summed E-state index contributed by atoms with van der Waals surface area (Å²) in [5.74, 6) is 0.220. The van der Waals surface area contributed by atoms with Crippen molar-refractivity contribution in [3.8, 4) is 0 Å². The number of hydrogen-bond donors (Lipinski definition) is 2. The van der Waals surface area contributed by atoms with E-state index < -0.39 is 10.0 Å². The Morgan fingerprint density at radius 1 is 1.13 bits per heavy atom. The van der Waals surface area contributed by atoms with Gasteiger partial charge in [-0.05, 0) is 29.8 Å². The Bertz CT molecular complexity index is 992. The smallest absolute Gasteiger partial charge is 0.244 e. The number of carbonyl (C=O) groups excluding carboxylic acids is 1. The van der Waals surface area contributed by atoms with Crippen LogP contribution in [0.3, 0.4) is 0 Å². The van der Waals surface area contributed by atoms with Crippen molar-refractivity contribution >= 4 is 51.0 Å². The van der Waals surface area contributed by atoms with Gasteiger partial charge >= 0.3 is 0 Å². The zero-order valence-corrected chi connectivity index (χ0v) is 19.1. The highest BCUT2D eigenvalue weighted by molar-refractivity contribution is 7.89. The summed E-state index contributed by atoms with van der Waals surface area (Å²) < 4.78 is 26.3. The van der Waals surface area contributed by atoms with Gasteiger partial charge in [-0.3, -0.25) is 4.79 Å². The molecule has 0 saturated carbocycles. The highest BCUT2D eigenvalue weighted by atomic mass is 35.5. The Hall–Kier alpha value is -2.13. The molecule has 2 N–H and O–H groups in total. The van der Waals surface area contributed by atoms with E-state index in [-0.39, 0.29) is 10.8 Å². The third-order valence-corrected chi connectivity index (χ3v) is 6.73. The average Bonchev–Trinajstić information content (AvgIpc) is 2.72. The Kier molecular flexibility index (Phi) is 9.10. The maximum Gasteiger partial charge on any atom is 0.244 e. The molecule has 1 heterocycles. The molecule has 0 saturated heterocycles. The molecule has 10 heteroatoms. The van der Waals surface area contributed by atoms with Gasteiger partial charge in [0.05, 0.1) is 14.9 Å². The van der Waals surface area contributed by atoms with Crippen LogP contribution in [0, 0.1) is 0 Å². The van der Waals surface area contributed by atoms with Gasteiger partial charge in [-0.15, -0.1) is 0 Å². The van der Waals surface area contributed by atoms with Gasteiger partial charge in [0, 0.05) is 38.5 Å². The number of amides is 1. The van der Waals surface area contributed by atoms with Crippen molar-refractivity contribution < 1.29 is 13.2 Å². The molecule has 7 nitrogen and oxygen atoms in total. The van der Waals surface area contributed by atoms with Gasteiger partial charge in [-0.1, -0.05) is 49.2 Å². The molecule has 1 aromatic carbocycles. The molecule has 0 atom stereocenters. The second-order valence-electron chi connectivity index (χ2n) is 6.19. The molecule has 0 spiro atoms. The van der Waals surface area contributed by atoms with Gasteiger partial charge in [0.25, 0.3) is 0 Å². The van der Waals surface area contributed by atoms with Crippen molar-refractivity contribution in [2.24, 2.45) is 0 Å². The van der Waals surface area contributed by atoms with Crippen LogP contribution in [0.25, 0.3) is 6.08 Å². The molecular formula is C20H24Cl2N4O3S. The fourth-order valence-electron chi connectivity index (χ4n) is 2.61. The number of halogens is 2. The third kappa shape index (κ3) is 6.70. The molecule has 2 rings (SSSR count). The zero-order chi connectivity index (χ0) is 22.1. The molecule has 1 amide bonds. The minimum Gasteiger partial charge on any atom is -0.367 e. The maximum absolute atomic E-state index is 12.5. The zero-order valence-electron chi connectivity index (χ0n) is 16.7. The lowest BCUT2D eigenvalue weighted by Crippen LogP contribution is -2.30. The third-order valence-electron chi connectivity index (χ3n) is 4.17. The van der Waals surface area contributed by atoms with Crippen molar-refractivity contribution in [2.45, 2.75) is 18.7 Å². The Labute approximate surface area is 187 Å². The Morgan fingerprint density at radius 3 is 2.40 bits per heavy atom. The van der Waals surface area contributed by atoms with Crippen LogP contribution in [0.2, 0.25) is 10.0 Å². The van der Waals surface area contributed by atoms with Crippen LogP contribution in [0.15, 0.2) is 47.5 Å². The van der Waals surface area contributed by atoms with E-state index in [0.717, 1.165) is 5.56 Å². The van der Waals surface area contributed by atoms with Crippen LogP contribution in [0.4, 0.5) is 5.82 Å². The van der Waals surface area contributed by atoms with E-state index in [4.69, 9.17) is 23.2 Å². The monoisotopic (exact) mass is 470 g/mol. The predicted molar refractivity (Wildman–Crippen MR) is 121 cm³/mol. The number of hydrogen-bond acceptors (Lipinski definition) is 5. The van der Waals surface area contributed by atoms with E-state index in [0.29, 0.717) is 42.0 Å². The number of nitrogens with one attached hydrogen (secondary N) is 2. The molecule has 0 aliphatic rings. The van der Waals surface area contributed by atoms with Gasteiger partial charge in [0.15, 0.2) is 0 Å². The highest BCUT2D eigenvalue weighted by Crippen LogP contribution is 2.22. The fourth-order valence-corrected chi connectivity index (χ4v) is 4.51. The number of carbonyl (C=O) groups is 1. The van der Waals surface area contributed by atoms with Gasteiger partial charge in [-0.25, -0.2) is 13.4 Å². The summed E-state index contributed by atoms with van der Waals surface area (Å²) in [4.78, 5) is 16.2. The van der Waals surface area contributed by atoms with E-state index in [1.807, 2.05) is 0 Å². The number of benzene rings is 1. The van der Waals surface area contributed by atoms with Crippen LogP contribution in [0.5, 0.6) is 0 Å². The molecule has 1 aromatic heterocycles. The number of nitrogens with zero attached hydrogens (tertiary/aromatic N) is 2. The number of aromatic nitrogens is 1. The molecule has 0 aliphatic carbocycles. The first-order valence-electron chi connectivity index (χ1n) is 9.39. The van der Waals surface area contributed by atoms with Crippen LogP contribution in [-0.2, 0) is 14.8 Å². The van der Waals surface area contributed by atoms with E-state index in [1.165, 1.54) is 28.7 Å². The number of pyridine rings is 1. The Balaban J connectivity index is 1.84. The lowest BCUT2D eigenvalue weighted by molar-refractivity contribution is -0.116. The second kappa shape index (κ2) is 11.3. The first kappa shape index (κ1) is 24.1. The number of rotatable bonds is 10. The second-order valence-corrected chi connectivity index (χ2v) is 8.98. The van der Waals surface area contributed by atoms with Crippen molar-refractivity contribution in [3.63, 3.8) is 0 Å². The summed E-state index contributed by atoms with van der Waals surface area (Å²) in [6.45, 7) is 5.22. The molecular weight excluding hydrogens is 447 g/mol. The molecule has 0 fully saturated rings. The summed E-state index contributed by atoms with van der Waals surface area (Å²) in [5, 5.41) is 6.59. The summed E-state index contributed by atoms with van der Waals surface area (Å²) >= 11 is 11.8. The molecule has 0 aliphatic heterocycles. The van der Waals surface area contributed by atoms with Crippen LogP contribution in [0.1, 0.15) is 19.4 Å². The molecule has 30 heavy (non-hydrogen) atoms. The van der Waals surface area contributed by atoms with Crippen LogP contribution < -0.4 is 10.6 Å². The molecule has 0 radical (unpaired) electrons. The fraction of sp³-hybridized carbons (Fsp3) is 0.300. The lowest BCUT2D eigenvalue weighted by Gasteiger charge is -2.18. The van der Waals surface area contributed by atoms with Crippen LogP contribution in [-0.4, -0.2) is 49.8 Å². The van der Waals surface area contributed by atoms with E-state index >= 15 is 0 Å². The van der Waals surface area contributed by atoms with E-state index in [1.54, 1.807) is 38.1 Å². The molecule has 0 bridgehead atoms. The topological polar surface area (TPSA) is 91.4 Å². The minimum atomic E-state index is -3.49. The summed E-state index contributed by atoms with van der Waals surface area (Å²) in [5.41, 5.74) is 0.721. The highest BCUT2D eigenvalue weighted by Gasteiger charge is 2.20. The first-order chi connectivity index (χ1) is 14.3. The van der Waals surface area contributed by atoms with Crippen molar-refractivity contribution in [1.82, 2.24) is 14.6 Å². The van der Waals surface area contributed by atoms with Gasteiger partial charge in [0.2, 0.25) is 15.9 Å².